The zero-order valence-electron chi connectivity index (χ0n) is 65.2. The minimum Gasteiger partial charge on any atom is -0.458 e. The summed E-state index contributed by atoms with van der Waals surface area (Å²) in [5.41, 5.74) is 35.6. The van der Waals surface area contributed by atoms with E-state index in [1.54, 1.807) is 0 Å². The molecule has 0 atom stereocenters. The van der Waals surface area contributed by atoms with Crippen LogP contribution in [-0.2, 0) is 0 Å². The van der Waals surface area contributed by atoms with Gasteiger partial charge in [-0.25, -0.2) is 0 Å². The fourth-order valence-corrected chi connectivity index (χ4v) is 23.3. The zero-order chi connectivity index (χ0) is 78.5. The lowest BCUT2D eigenvalue weighted by Gasteiger charge is -2.37. The highest BCUT2D eigenvalue weighted by Gasteiger charge is 2.52. The Morgan fingerprint density at radius 3 is 1.03 bits per heavy atom. The monoisotopic (exact) mass is 1550 g/mol. The van der Waals surface area contributed by atoms with Crippen LogP contribution in [0.1, 0.15) is 16.7 Å². The van der Waals surface area contributed by atoms with Crippen LogP contribution in [0.5, 0.6) is 92.0 Å². The van der Waals surface area contributed by atoms with Crippen molar-refractivity contribution in [2.24, 2.45) is 0 Å². The van der Waals surface area contributed by atoms with Crippen LogP contribution in [-0.4, -0.2) is 45.1 Å². The van der Waals surface area contributed by atoms with Gasteiger partial charge in [-0.05, 0) is 257 Å². The molecule has 16 heterocycles. The molecule has 33 rings (SSSR count). The minimum absolute atomic E-state index is 0.0963. The lowest BCUT2D eigenvalue weighted by atomic mass is 9.33. The van der Waals surface area contributed by atoms with E-state index in [-0.39, 0.29) is 26.9 Å². The van der Waals surface area contributed by atoms with E-state index >= 15 is 0 Å². The van der Waals surface area contributed by atoms with Crippen LogP contribution in [0.15, 0.2) is 297 Å². The van der Waals surface area contributed by atoms with E-state index in [0.717, 1.165) is 114 Å². The zero-order valence-corrected chi connectivity index (χ0v) is 65.2. The number of aryl methyl sites for hydroxylation is 3. The third-order valence-corrected chi connectivity index (χ3v) is 27.8. The number of fused-ring (bicyclic) bond motifs is 16. The molecule has 0 saturated carbocycles. The van der Waals surface area contributed by atoms with Crippen molar-refractivity contribution in [1.82, 2.24) is 18.3 Å². The van der Waals surface area contributed by atoms with E-state index in [1.807, 2.05) is 24.3 Å². The Labute approximate surface area is 691 Å². The van der Waals surface area contributed by atoms with Crippen molar-refractivity contribution < 1.29 is 37.9 Å². The number of benzene rings is 17. The van der Waals surface area contributed by atoms with Crippen LogP contribution < -0.4 is 103 Å². The molecule has 16 heteroatoms. The quantitative estimate of drug-likeness (QED) is 0.150. The Morgan fingerprint density at radius 1 is 0.198 bits per heavy atom. The van der Waals surface area contributed by atoms with Crippen LogP contribution in [0.4, 0.5) is 0 Å². The topological polar surface area (TPSA) is 93.6 Å². The second-order valence-electron chi connectivity index (χ2n) is 33.9. The highest BCUT2D eigenvalue weighted by Crippen LogP contribution is 2.51. The predicted octanol–water partition coefficient (Wildman–Crippen LogP) is 17.9. The molecule has 0 spiro atoms. The molecular formula is C105H58B4N4O8. The van der Waals surface area contributed by atoms with E-state index in [0.29, 0.717) is 0 Å². The number of hydrogen-bond acceptors (Lipinski definition) is 8. The van der Waals surface area contributed by atoms with Gasteiger partial charge < -0.3 is 56.2 Å². The van der Waals surface area contributed by atoms with E-state index in [9.17, 15) is 0 Å². The first kappa shape index (κ1) is 63.8. The molecule has 12 aliphatic rings. The van der Waals surface area contributed by atoms with Gasteiger partial charge in [0.05, 0.1) is 44.1 Å². The minimum atomic E-state index is 0.0963. The molecule has 0 saturated heterocycles. The van der Waals surface area contributed by atoms with Crippen LogP contribution in [0.2, 0.25) is 0 Å². The molecule has 12 aliphatic heterocycles. The maximum absolute atomic E-state index is 6.63. The fraction of sp³-hybridized carbons (Fsp3) is 0.0286. The van der Waals surface area contributed by atoms with Crippen molar-refractivity contribution in [2.45, 2.75) is 20.8 Å². The Bertz CT molecular complexity index is 8440. The Kier molecular flexibility index (Phi) is 11.7. The van der Waals surface area contributed by atoms with Gasteiger partial charge in [0.2, 0.25) is 0 Å². The van der Waals surface area contributed by atoms with Gasteiger partial charge in [-0.15, -0.1) is 0 Å². The molecule has 121 heavy (non-hydrogen) atoms. The molecule has 0 radical (unpaired) electrons. The summed E-state index contributed by atoms with van der Waals surface area (Å²) in [5.74, 6) is 14.8. The van der Waals surface area contributed by atoms with Gasteiger partial charge in [0.15, 0.2) is 0 Å². The summed E-state index contributed by atoms with van der Waals surface area (Å²) in [5, 5.41) is 10.3. The number of aromatic nitrogens is 4. The van der Waals surface area contributed by atoms with Crippen molar-refractivity contribution in [3.63, 3.8) is 0 Å². The highest BCUT2D eigenvalue weighted by molar-refractivity contribution is 7.03. The van der Waals surface area contributed by atoms with E-state index < -0.39 is 0 Å². The molecule has 0 amide bonds. The summed E-state index contributed by atoms with van der Waals surface area (Å²) in [6.45, 7) is 7.04. The largest absolute Gasteiger partial charge is 0.458 e. The second kappa shape index (κ2) is 22.3. The van der Waals surface area contributed by atoms with Crippen molar-refractivity contribution >= 4 is 180 Å². The summed E-state index contributed by atoms with van der Waals surface area (Å²) >= 11 is 0. The van der Waals surface area contributed by atoms with E-state index in [2.05, 4.69) is 312 Å². The molecule has 0 fully saturated rings. The molecule has 558 valence electrons. The van der Waals surface area contributed by atoms with Gasteiger partial charge in [-0.1, -0.05) is 133 Å². The van der Waals surface area contributed by atoms with E-state index in [4.69, 9.17) is 37.9 Å². The average Bonchev–Trinajstić information content (AvgIpc) is 1.67. The van der Waals surface area contributed by atoms with Crippen molar-refractivity contribution in [2.75, 3.05) is 0 Å². The first-order chi connectivity index (χ1) is 59.8. The summed E-state index contributed by atoms with van der Waals surface area (Å²) in [6.07, 6.45) is 0. The Balaban J connectivity index is 0.0000000802. The molecule has 0 N–H and O–H groups in total. The first-order valence-corrected chi connectivity index (χ1v) is 41.6. The Morgan fingerprint density at radius 2 is 0.537 bits per heavy atom. The summed E-state index contributed by atoms with van der Waals surface area (Å²) in [7, 11) is 0. The lowest BCUT2D eigenvalue weighted by molar-refractivity contribution is 0.464. The summed E-state index contributed by atoms with van der Waals surface area (Å²) in [4.78, 5) is 0. The van der Waals surface area contributed by atoms with Crippen molar-refractivity contribution in [3.8, 4) is 126 Å². The number of nitrogens with zero attached hydrogens (tertiary/aromatic N) is 4. The molecule has 4 aromatic heterocycles. The molecular weight excluding hydrogens is 1490 g/mol. The Hall–Kier alpha value is -15.4. The third-order valence-electron chi connectivity index (χ3n) is 27.8. The molecule has 17 aromatic carbocycles. The number of para-hydroxylation sites is 1. The second-order valence-corrected chi connectivity index (χ2v) is 33.9. The molecule has 0 unspecified atom stereocenters. The van der Waals surface area contributed by atoms with Crippen molar-refractivity contribution in [1.29, 1.82) is 0 Å². The van der Waals surface area contributed by atoms with Crippen molar-refractivity contribution in [3.05, 3.63) is 314 Å². The fourth-order valence-electron chi connectivity index (χ4n) is 23.3. The maximum atomic E-state index is 6.63. The van der Waals surface area contributed by atoms with Gasteiger partial charge in [-0.3, -0.25) is 0 Å². The van der Waals surface area contributed by atoms with E-state index in [1.165, 1.54) is 181 Å². The van der Waals surface area contributed by atoms with Gasteiger partial charge in [-0.2, -0.15) is 0 Å². The number of rotatable bonds is 1. The summed E-state index contributed by atoms with van der Waals surface area (Å²) in [6, 6.07) is 105. The van der Waals surface area contributed by atoms with Gasteiger partial charge in [0, 0.05) is 87.7 Å². The molecule has 21 aromatic rings. The summed E-state index contributed by atoms with van der Waals surface area (Å²) < 4.78 is 61.0. The van der Waals surface area contributed by atoms with Crippen LogP contribution in [0.3, 0.4) is 0 Å². The van der Waals surface area contributed by atoms with Gasteiger partial charge in [0.25, 0.3) is 26.9 Å². The highest BCUT2D eigenvalue weighted by atomic mass is 16.5. The van der Waals surface area contributed by atoms with Crippen LogP contribution in [0.25, 0.3) is 121 Å². The number of hydrogen-bond donors (Lipinski definition) is 0. The SMILES string of the molecule is Cc1ccc2c(c1)c1ccc3c4c1n2-c1cccc2c1B4c1c(cccc1O3)O2.Cc1ccc2c3ccc4c5c3n(c2c1)-c1cccc2c1B5c1c(cccc1O4)O2.Cc1cccc2c1c1ccc3c4c1n2-c1cccc2c1B4c1c(cccc1O3)O2.c1ccc(-c2cc3c4c5c2c2ccccc2n5-c2cccc5c2B4c2c(cccc2O3)O5)cc1. The van der Waals surface area contributed by atoms with Gasteiger partial charge in [0.1, 0.15) is 92.0 Å². The normalized spacial score (nSPS) is 14.0. The van der Waals surface area contributed by atoms with Crippen LogP contribution >= 0.6 is 0 Å². The molecule has 0 bridgehead atoms. The predicted molar refractivity (Wildman–Crippen MR) is 488 cm³/mol. The molecule has 0 aliphatic carbocycles. The lowest BCUT2D eigenvalue weighted by Crippen LogP contribution is -2.60. The third kappa shape index (κ3) is 7.85. The maximum Gasteiger partial charge on any atom is 0.266 e. The first-order valence-electron chi connectivity index (χ1n) is 41.6. The van der Waals surface area contributed by atoms with Gasteiger partial charge >= 0.3 is 0 Å². The van der Waals surface area contributed by atoms with Crippen LogP contribution in [0, 0.1) is 20.8 Å². The average molecular weight is 1550 g/mol. The standard InChI is InChI=1S/C30H16BNO2.3C25H14BNO2/c1-2-8-17(9-3-1)19-16-25-29-30-26(19)18-10-4-5-11-20(18)32(30)21-12-6-13-22-27(21)31(29)28-23(33-22)14-7-15-24(28)34-25;1-13-5-2-6-15-21(13)14-11-12-20-24-25(14)27(15)16-7-3-8-17-22(16)26(24)23-18(28-17)9-4-10-19(23)29-20;1-13-8-10-16-15(12-13)14-9-11-21-24-25(14)27(16)17-4-2-5-18-22(17)26(24)23-19(28-18)6-3-7-20(23)29-21;1-13-8-9-14-15-10-11-21-24-25(15)27(17(14)12-13)16-4-2-5-18-22(16)26(24)23-19(28-18)6-3-7-20(23)29-21/h1-16H;3*2-12H,1H3. The smallest absolute Gasteiger partial charge is 0.266 e. The number of ether oxygens (including phenoxy) is 8. The molecule has 12 nitrogen and oxygen atoms in total.